The Morgan fingerprint density at radius 1 is 1.33 bits per heavy atom. The highest BCUT2D eigenvalue weighted by Gasteiger charge is 2.28. The van der Waals surface area contributed by atoms with Crippen LogP contribution in [0.25, 0.3) is 0 Å². The summed E-state index contributed by atoms with van der Waals surface area (Å²) in [5.74, 6) is 0.836. The van der Waals surface area contributed by atoms with E-state index < -0.39 is 0 Å². The maximum atomic E-state index is 4.33. The smallest absolute Gasteiger partial charge is 0.115 e. The molecule has 4 nitrogen and oxygen atoms in total. The molecular weight excluding hydrogens is 224 g/mol. The molecule has 2 aliphatic heterocycles. The maximum Gasteiger partial charge on any atom is 0.115 e. The van der Waals surface area contributed by atoms with Crippen molar-refractivity contribution >= 4 is 0 Å². The van der Waals surface area contributed by atoms with Crippen LogP contribution in [0.5, 0.6) is 0 Å². The highest BCUT2D eigenvalue weighted by molar-refractivity contribution is 4.98. The summed E-state index contributed by atoms with van der Waals surface area (Å²) in [7, 11) is 0. The Balaban J connectivity index is 1.56. The SMILES string of the molecule is c1cc(CN2CCCC(C3CCCN3)C2)ncn1. The molecule has 1 aromatic rings. The van der Waals surface area contributed by atoms with E-state index in [2.05, 4.69) is 20.2 Å². The van der Waals surface area contributed by atoms with Gasteiger partial charge in [-0.3, -0.25) is 4.90 Å². The second kappa shape index (κ2) is 5.76. The van der Waals surface area contributed by atoms with E-state index in [1.54, 1.807) is 6.33 Å². The highest BCUT2D eigenvalue weighted by atomic mass is 15.1. The van der Waals surface area contributed by atoms with Crippen LogP contribution in [-0.4, -0.2) is 40.5 Å². The average Bonchev–Trinajstić information content (AvgIpc) is 2.94. The van der Waals surface area contributed by atoms with Crippen molar-refractivity contribution in [3.05, 3.63) is 24.3 Å². The zero-order valence-corrected chi connectivity index (χ0v) is 10.9. The molecule has 2 fully saturated rings. The van der Waals surface area contributed by atoms with Crippen LogP contribution in [0, 0.1) is 5.92 Å². The standard InChI is InChI=1S/C14H22N4/c1-4-14(16-6-1)12-3-2-8-18(9-12)10-13-5-7-15-11-17-13/h5,7,11-12,14,16H,1-4,6,8-10H2. The first kappa shape index (κ1) is 12.1. The molecule has 3 rings (SSSR count). The number of nitrogens with one attached hydrogen (secondary N) is 1. The Bertz CT molecular complexity index is 361. The lowest BCUT2D eigenvalue weighted by Crippen LogP contribution is -2.43. The minimum absolute atomic E-state index is 0.762. The van der Waals surface area contributed by atoms with Crippen LogP contribution in [0.15, 0.2) is 18.6 Å². The molecule has 3 heterocycles. The van der Waals surface area contributed by atoms with E-state index >= 15 is 0 Å². The maximum absolute atomic E-state index is 4.33. The minimum atomic E-state index is 0.762. The van der Waals surface area contributed by atoms with Crippen molar-refractivity contribution in [2.75, 3.05) is 19.6 Å². The largest absolute Gasteiger partial charge is 0.314 e. The Labute approximate surface area is 109 Å². The summed E-state index contributed by atoms with van der Waals surface area (Å²) in [6.45, 7) is 4.63. The molecule has 2 saturated heterocycles. The Morgan fingerprint density at radius 3 is 3.11 bits per heavy atom. The number of nitrogens with zero attached hydrogens (tertiary/aromatic N) is 3. The molecule has 98 valence electrons. The zero-order valence-electron chi connectivity index (χ0n) is 10.9. The van der Waals surface area contributed by atoms with Crippen molar-refractivity contribution in [3.63, 3.8) is 0 Å². The van der Waals surface area contributed by atoms with Crippen molar-refractivity contribution in [2.24, 2.45) is 5.92 Å². The van der Waals surface area contributed by atoms with E-state index in [1.807, 2.05) is 12.3 Å². The van der Waals surface area contributed by atoms with Gasteiger partial charge in [0, 0.05) is 25.3 Å². The highest BCUT2D eigenvalue weighted by Crippen LogP contribution is 2.25. The van der Waals surface area contributed by atoms with Gasteiger partial charge in [-0.25, -0.2) is 9.97 Å². The van der Waals surface area contributed by atoms with Crippen molar-refractivity contribution in [2.45, 2.75) is 38.3 Å². The van der Waals surface area contributed by atoms with Gasteiger partial charge < -0.3 is 5.32 Å². The molecule has 1 N–H and O–H groups in total. The van der Waals surface area contributed by atoms with Crippen LogP contribution in [0.3, 0.4) is 0 Å². The monoisotopic (exact) mass is 246 g/mol. The van der Waals surface area contributed by atoms with Crippen LogP contribution in [0.4, 0.5) is 0 Å². The number of hydrogen-bond acceptors (Lipinski definition) is 4. The van der Waals surface area contributed by atoms with Gasteiger partial charge in [-0.2, -0.15) is 0 Å². The van der Waals surface area contributed by atoms with Crippen molar-refractivity contribution in [1.29, 1.82) is 0 Å². The van der Waals surface area contributed by atoms with Gasteiger partial charge in [0.2, 0.25) is 0 Å². The minimum Gasteiger partial charge on any atom is -0.314 e. The number of rotatable bonds is 3. The summed E-state index contributed by atoms with van der Waals surface area (Å²) in [6, 6.07) is 2.79. The van der Waals surface area contributed by atoms with Crippen molar-refractivity contribution in [1.82, 2.24) is 20.2 Å². The van der Waals surface area contributed by atoms with Gasteiger partial charge in [0.1, 0.15) is 6.33 Å². The van der Waals surface area contributed by atoms with E-state index in [4.69, 9.17) is 0 Å². The fraction of sp³-hybridized carbons (Fsp3) is 0.714. The Morgan fingerprint density at radius 2 is 2.33 bits per heavy atom. The first-order valence-corrected chi connectivity index (χ1v) is 7.12. The number of hydrogen-bond donors (Lipinski definition) is 1. The lowest BCUT2D eigenvalue weighted by Gasteiger charge is -2.35. The molecule has 0 radical (unpaired) electrons. The Hall–Kier alpha value is -1.00. The van der Waals surface area contributed by atoms with Gasteiger partial charge in [0.05, 0.1) is 5.69 Å². The molecular formula is C14H22N4. The molecule has 0 saturated carbocycles. The molecule has 18 heavy (non-hydrogen) atoms. The summed E-state index contributed by atoms with van der Waals surface area (Å²) in [5.41, 5.74) is 1.14. The molecule has 2 atom stereocenters. The van der Waals surface area contributed by atoms with E-state index in [1.165, 1.54) is 45.3 Å². The molecule has 2 aliphatic rings. The second-order valence-corrected chi connectivity index (χ2v) is 5.54. The number of piperidine rings is 1. The van der Waals surface area contributed by atoms with Gasteiger partial charge in [-0.15, -0.1) is 0 Å². The van der Waals surface area contributed by atoms with Crippen molar-refractivity contribution in [3.8, 4) is 0 Å². The summed E-state index contributed by atoms with van der Waals surface area (Å²) in [4.78, 5) is 10.9. The van der Waals surface area contributed by atoms with E-state index in [0.717, 1.165) is 24.2 Å². The van der Waals surface area contributed by atoms with Crippen LogP contribution >= 0.6 is 0 Å². The van der Waals surface area contributed by atoms with Crippen LogP contribution in [-0.2, 0) is 6.54 Å². The van der Waals surface area contributed by atoms with Crippen LogP contribution in [0.2, 0.25) is 0 Å². The molecule has 2 unspecified atom stereocenters. The van der Waals surface area contributed by atoms with Crippen molar-refractivity contribution < 1.29 is 0 Å². The lowest BCUT2D eigenvalue weighted by molar-refractivity contribution is 0.144. The third-order valence-electron chi connectivity index (χ3n) is 4.24. The van der Waals surface area contributed by atoms with Crippen LogP contribution < -0.4 is 5.32 Å². The normalized spacial score (nSPS) is 29.6. The number of aromatic nitrogens is 2. The summed E-state index contributed by atoms with van der Waals surface area (Å²) < 4.78 is 0. The molecule has 1 aromatic heterocycles. The van der Waals surface area contributed by atoms with E-state index in [0.29, 0.717) is 0 Å². The van der Waals surface area contributed by atoms with Gasteiger partial charge in [0.25, 0.3) is 0 Å². The Kier molecular flexibility index (Phi) is 3.86. The first-order valence-electron chi connectivity index (χ1n) is 7.12. The lowest BCUT2D eigenvalue weighted by atomic mass is 9.90. The summed E-state index contributed by atoms with van der Waals surface area (Å²) in [5, 5.41) is 3.66. The average molecular weight is 246 g/mol. The zero-order chi connectivity index (χ0) is 12.2. The summed E-state index contributed by atoms with van der Waals surface area (Å²) >= 11 is 0. The molecule has 0 bridgehead atoms. The van der Waals surface area contributed by atoms with Gasteiger partial charge in [0.15, 0.2) is 0 Å². The fourth-order valence-electron chi connectivity index (χ4n) is 3.32. The second-order valence-electron chi connectivity index (χ2n) is 5.54. The third-order valence-corrected chi connectivity index (χ3v) is 4.24. The predicted molar refractivity (Wildman–Crippen MR) is 71.1 cm³/mol. The first-order chi connectivity index (χ1) is 8.92. The van der Waals surface area contributed by atoms with E-state index in [-0.39, 0.29) is 0 Å². The summed E-state index contributed by atoms with van der Waals surface area (Å²) in [6.07, 6.45) is 8.92. The predicted octanol–water partition coefficient (Wildman–Crippen LogP) is 1.44. The fourth-order valence-corrected chi connectivity index (χ4v) is 3.32. The molecule has 0 aliphatic carbocycles. The van der Waals surface area contributed by atoms with Gasteiger partial charge >= 0.3 is 0 Å². The van der Waals surface area contributed by atoms with Crippen LogP contribution in [0.1, 0.15) is 31.4 Å². The van der Waals surface area contributed by atoms with Gasteiger partial charge in [-0.1, -0.05) is 0 Å². The topological polar surface area (TPSA) is 41.0 Å². The molecule has 0 aromatic carbocycles. The van der Waals surface area contributed by atoms with Gasteiger partial charge in [-0.05, 0) is 50.8 Å². The quantitative estimate of drug-likeness (QED) is 0.876. The number of likely N-dealkylation sites (tertiary alicyclic amines) is 1. The van der Waals surface area contributed by atoms with E-state index in [9.17, 15) is 0 Å². The molecule has 0 amide bonds. The third kappa shape index (κ3) is 2.87. The molecule has 4 heteroatoms. The molecule has 0 spiro atoms.